The Kier molecular flexibility index (Phi) is 5.05. The van der Waals surface area contributed by atoms with Crippen LogP contribution in [0.2, 0.25) is 0 Å². The number of aromatic amines is 1. The number of hydrogen-bond acceptors (Lipinski definition) is 5. The molecule has 124 valence electrons. The van der Waals surface area contributed by atoms with E-state index in [1.54, 1.807) is 6.07 Å². The molecule has 2 N–H and O–H groups in total. The van der Waals surface area contributed by atoms with Crippen molar-refractivity contribution >= 4 is 5.91 Å². The molecule has 0 unspecified atom stereocenters. The van der Waals surface area contributed by atoms with Crippen LogP contribution in [0.5, 0.6) is 0 Å². The molecule has 1 aliphatic carbocycles. The Hall–Kier alpha value is -2.18. The van der Waals surface area contributed by atoms with Crippen molar-refractivity contribution in [1.82, 2.24) is 25.7 Å². The second kappa shape index (κ2) is 7.39. The van der Waals surface area contributed by atoms with Crippen LogP contribution in [0.15, 0.2) is 10.6 Å². The first-order valence-electron chi connectivity index (χ1n) is 8.41. The second-order valence-electron chi connectivity index (χ2n) is 6.09. The number of aromatic nitrogens is 4. The van der Waals surface area contributed by atoms with Gasteiger partial charge in [0, 0.05) is 11.6 Å². The molecule has 0 aromatic carbocycles. The highest BCUT2D eigenvalue weighted by Gasteiger charge is 2.21. The zero-order chi connectivity index (χ0) is 16.1. The minimum absolute atomic E-state index is 0.231. The minimum atomic E-state index is -0.235. The van der Waals surface area contributed by atoms with E-state index in [0.717, 1.165) is 37.2 Å². The second-order valence-corrected chi connectivity index (χ2v) is 6.09. The van der Waals surface area contributed by atoms with E-state index in [9.17, 15) is 4.79 Å². The van der Waals surface area contributed by atoms with Gasteiger partial charge in [-0.1, -0.05) is 37.8 Å². The summed E-state index contributed by atoms with van der Waals surface area (Å²) >= 11 is 0. The van der Waals surface area contributed by atoms with Crippen LogP contribution in [0.25, 0.3) is 0 Å². The SMILES string of the molecule is CCCc1cc(C(=O)NCc2nc(C3CCCCC3)no2)n[nH]1. The molecule has 2 aromatic heterocycles. The third-order valence-electron chi connectivity index (χ3n) is 4.24. The summed E-state index contributed by atoms with van der Waals surface area (Å²) in [5.41, 5.74) is 1.36. The Morgan fingerprint density at radius 2 is 2.22 bits per heavy atom. The van der Waals surface area contributed by atoms with Crippen molar-refractivity contribution in [2.24, 2.45) is 0 Å². The summed E-state index contributed by atoms with van der Waals surface area (Å²) in [5, 5.41) is 13.7. The number of rotatable bonds is 6. The molecule has 2 heterocycles. The fraction of sp³-hybridized carbons (Fsp3) is 0.625. The maximum Gasteiger partial charge on any atom is 0.272 e. The molecule has 7 nitrogen and oxygen atoms in total. The van der Waals surface area contributed by atoms with E-state index < -0.39 is 0 Å². The van der Waals surface area contributed by atoms with Gasteiger partial charge < -0.3 is 9.84 Å². The molecule has 0 atom stereocenters. The van der Waals surface area contributed by atoms with Crippen molar-refractivity contribution in [3.05, 3.63) is 29.2 Å². The number of amides is 1. The lowest BCUT2D eigenvalue weighted by molar-refractivity contribution is 0.0941. The quantitative estimate of drug-likeness (QED) is 0.854. The van der Waals surface area contributed by atoms with E-state index in [2.05, 4.69) is 32.6 Å². The summed E-state index contributed by atoms with van der Waals surface area (Å²) in [6.07, 6.45) is 7.89. The molecule has 1 aliphatic rings. The monoisotopic (exact) mass is 317 g/mol. The standard InChI is InChI=1S/C16H23N5O2/c1-2-6-12-9-13(20-19-12)16(22)17-10-14-18-15(21-23-14)11-7-4-3-5-8-11/h9,11H,2-8,10H2,1H3,(H,17,22)(H,19,20). The van der Waals surface area contributed by atoms with Crippen LogP contribution in [0.4, 0.5) is 0 Å². The molecule has 0 radical (unpaired) electrons. The number of nitrogens with zero attached hydrogens (tertiary/aromatic N) is 3. The van der Waals surface area contributed by atoms with E-state index in [0.29, 0.717) is 17.5 Å². The van der Waals surface area contributed by atoms with Crippen molar-refractivity contribution in [3.8, 4) is 0 Å². The zero-order valence-electron chi connectivity index (χ0n) is 13.5. The molecule has 0 spiro atoms. The molecule has 7 heteroatoms. The van der Waals surface area contributed by atoms with Gasteiger partial charge in [-0.25, -0.2) is 0 Å². The summed E-state index contributed by atoms with van der Waals surface area (Å²) in [5.74, 6) is 1.39. The first-order chi connectivity index (χ1) is 11.3. The first-order valence-corrected chi connectivity index (χ1v) is 8.41. The normalized spacial score (nSPS) is 15.7. The van der Waals surface area contributed by atoms with Gasteiger partial charge in [0.2, 0.25) is 5.89 Å². The Morgan fingerprint density at radius 3 is 3.00 bits per heavy atom. The molecule has 0 bridgehead atoms. The maximum atomic E-state index is 12.1. The van der Waals surface area contributed by atoms with Gasteiger partial charge in [0.15, 0.2) is 5.82 Å². The third kappa shape index (κ3) is 3.97. The van der Waals surface area contributed by atoms with Gasteiger partial charge in [-0.05, 0) is 25.3 Å². The number of hydrogen-bond donors (Lipinski definition) is 2. The Balaban J connectivity index is 1.53. The van der Waals surface area contributed by atoms with Gasteiger partial charge >= 0.3 is 0 Å². The molecule has 0 aliphatic heterocycles. The lowest BCUT2D eigenvalue weighted by Gasteiger charge is -2.17. The van der Waals surface area contributed by atoms with Crippen LogP contribution < -0.4 is 5.32 Å². The van der Waals surface area contributed by atoms with Crippen LogP contribution in [0.1, 0.15) is 79.3 Å². The average molecular weight is 317 g/mol. The predicted octanol–water partition coefficient (Wildman–Crippen LogP) is 2.72. The topological polar surface area (TPSA) is 96.7 Å². The van der Waals surface area contributed by atoms with Crippen molar-refractivity contribution in [1.29, 1.82) is 0 Å². The fourth-order valence-electron chi connectivity index (χ4n) is 2.99. The molecule has 23 heavy (non-hydrogen) atoms. The predicted molar refractivity (Wildman–Crippen MR) is 83.9 cm³/mol. The maximum absolute atomic E-state index is 12.1. The Morgan fingerprint density at radius 1 is 1.39 bits per heavy atom. The van der Waals surface area contributed by atoms with Crippen LogP contribution in [0.3, 0.4) is 0 Å². The van der Waals surface area contributed by atoms with Gasteiger partial charge in [0.05, 0.1) is 6.54 Å². The van der Waals surface area contributed by atoms with Crippen LogP contribution in [-0.4, -0.2) is 26.2 Å². The van der Waals surface area contributed by atoms with Gasteiger partial charge in [0.25, 0.3) is 5.91 Å². The van der Waals surface area contributed by atoms with Gasteiger partial charge in [-0.3, -0.25) is 9.89 Å². The Labute approximate surface area is 135 Å². The zero-order valence-corrected chi connectivity index (χ0v) is 13.5. The highest BCUT2D eigenvalue weighted by atomic mass is 16.5. The summed E-state index contributed by atoms with van der Waals surface area (Å²) < 4.78 is 5.24. The number of nitrogens with one attached hydrogen (secondary N) is 2. The fourth-order valence-corrected chi connectivity index (χ4v) is 2.99. The van der Waals surface area contributed by atoms with E-state index in [1.807, 2.05) is 0 Å². The van der Waals surface area contributed by atoms with Crippen molar-refractivity contribution < 1.29 is 9.32 Å². The number of aryl methyl sites for hydroxylation is 1. The molecule has 1 fully saturated rings. The third-order valence-corrected chi connectivity index (χ3v) is 4.24. The lowest BCUT2D eigenvalue weighted by atomic mass is 9.89. The lowest BCUT2D eigenvalue weighted by Crippen LogP contribution is -2.23. The molecule has 3 rings (SSSR count). The highest BCUT2D eigenvalue weighted by Crippen LogP contribution is 2.30. The first kappa shape index (κ1) is 15.7. The summed E-state index contributed by atoms with van der Waals surface area (Å²) in [6.45, 7) is 2.31. The number of carbonyl (C=O) groups excluding carboxylic acids is 1. The highest BCUT2D eigenvalue weighted by molar-refractivity contribution is 5.92. The number of H-pyrrole nitrogens is 1. The molecular formula is C16H23N5O2. The number of carbonyl (C=O) groups is 1. The van der Waals surface area contributed by atoms with Crippen molar-refractivity contribution in [2.75, 3.05) is 0 Å². The largest absolute Gasteiger partial charge is 0.342 e. The summed E-state index contributed by atoms with van der Waals surface area (Å²) in [6, 6.07) is 1.78. The summed E-state index contributed by atoms with van der Waals surface area (Å²) in [4.78, 5) is 16.5. The van der Waals surface area contributed by atoms with E-state index in [4.69, 9.17) is 4.52 Å². The van der Waals surface area contributed by atoms with Crippen molar-refractivity contribution in [2.45, 2.75) is 64.3 Å². The van der Waals surface area contributed by atoms with Gasteiger partial charge in [-0.2, -0.15) is 10.1 Å². The van der Waals surface area contributed by atoms with Crippen LogP contribution in [-0.2, 0) is 13.0 Å². The molecule has 0 saturated heterocycles. The van der Waals surface area contributed by atoms with Crippen molar-refractivity contribution in [3.63, 3.8) is 0 Å². The minimum Gasteiger partial charge on any atom is -0.342 e. The molecule has 1 amide bonds. The van der Waals surface area contributed by atoms with Gasteiger partial charge in [-0.15, -0.1) is 0 Å². The molecule has 1 saturated carbocycles. The van der Waals surface area contributed by atoms with Crippen LogP contribution in [0, 0.1) is 0 Å². The van der Waals surface area contributed by atoms with E-state index >= 15 is 0 Å². The van der Waals surface area contributed by atoms with Crippen LogP contribution >= 0.6 is 0 Å². The molecular weight excluding hydrogens is 294 g/mol. The van der Waals surface area contributed by atoms with E-state index in [-0.39, 0.29) is 12.5 Å². The van der Waals surface area contributed by atoms with Gasteiger partial charge in [0.1, 0.15) is 5.69 Å². The van der Waals surface area contributed by atoms with E-state index in [1.165, 1.54) is 19.3 Å². The molecule has 2 aromatic rings. The Bertz CT molecular complexity index is 642. The summed E-state index contributed by atoms with van der Waals surface area (Å²) in [7, 11) is 0. The average Bonchev–Trinajstić information content (AvgIpc) is 3.23. The smallest absolute Gasteiger partial charge is 0.272 e.